The van der Waals surface area contributed by atoms with E-state index >= 15 is 0 Å². The molecule has 2 nitrogen and oxygen atoms in total. The van der Waals surface area contributed by atoms with Crippen molar-refractivity contribution in [1.29, 1.82) is 0 Å². The number of fused-ring (bicyclic) bond motifs is 5. The molecule has 0 spiro atoms. The van der Waals surface area contributed by atoms with Crippen molar-refractivity contribution < 1.29 is 9.53 Å². The van der Waals surface area contributed by atoms with Gasteiger partial charge in [-0.15, -0.1) is 0 Å². The second-order valence-corrected chi connectivity index (χ2v) is 15.9. The maximum absolute atomic E-state index is 12.7. The van der Waals surface area contributed by atoms with Crippen LogP contribution in [-0.4, -0.2) is 12.1 Å². The van der Waals surface area contributed by atoms with Gasteiger partial charge in [0.05, 0.1) is 0 Å². The highest BCUT2D eigenvalue weighted by Crippen LogP contribution is 2.67. The summed E-state index contributed by atoms with van der Waals surface area (Å²) in [6.45, 7) is 14.9. The molecule has 0 amide bonds. The Bertz CT molecular complexity index is 827. The summed E-state index contributed by atoms with van der Waals surface area (Å²) in [7, 11) is 0. The van der Waals surface area contributed by atoms with E-state index in [0.29, 0.717) is 17.3 Å². The molecule has 4 aliphatic rings. The second kappa shape index (κ2) is 14.6. The van der Waals surface area contributed by atoms with Crippen LogP contribution < -0.4 is 0 Å². The van der Waals surface area contributed by atoms with Gasteiger partial charge >= 0.3 is 5.97 Å². The number of carbonyl (C=O) groups excluding carboxylic acids is 1. The van der Waals surface area contributed by atoms with Crippen molar-refractivity contribution in [3.05, 3.63) is 11.6 Å². The second-order valence-electron chi connectivity index (χ2n) is 15.9. The van der Waals surface area contributed by atoms with E-state index in [9.17, 15) is 4.79 Å². The highest BCUT2D eigenvalue weighted by atomic mass is 16.5. The summed E-state index contributed by atoms with van der Waals surface area (Å²) >= 11 is 0. The number of allylic oxidation sites excluding steroid dienone is 1. The summed E-state index contributed by atoms with van der Waals surface area (Å²) in [6, 6.07) is 0. The molecule has 0 saturated heterocycles. The lowest BCUT2D eigenvalue weighted by molar-refractivity contribution is -0.151. The molecule has 4 aliphatic carbocycles. The van der Waals surface area contributed by atoms with Gasteiger partial charge in [-0.3, -0.25) is 4.79 Å². The van der Waals surface area contributed by atoms with E-state index in [1.54, 1.807) is 5.57 Å². The molecule has 8 atom stereocenters. The maximum atomic E-state index is 12.7. The average molecular weight is 555 g/mol. The minimum atomic E-state index is 0.0572. The van der Waals surface area contributed by atoms with Crippen molar-refractivity contribution >= 4 is 5.97 Å². The van der Waals surface area contributed by atoms with Crippen molar-refractivity contribution in [3.8, 4) is 0 Å². The van der Waals surface area contributed by atoms with Gasteiger partial charge in [0.25, 0.3) is 0 Å². The Morgan fingerprint density at radius 2 is 1.60 bits per heavy atom. The normalized spacial score (nSPS) is 36.0. The predicted octanol–water partition coefficient (Wildman–Crippen LogP) is 11.5. The molecule has 0 unspecified atom stereocenters. The molecule has 3 saturated carbocycles. The minimum Gasteiger partial charge on any atom is -0.462 e. The topological polar surface area (TPSA) is 26.3 Å². The monoisotopic (exact) mass is 555 g/mol. The van der Waals surface area contributed by atoms with Crippen LogP contribution in [0.5, 0.6) is 0 Å². The third kappa shape index (κ3) is 7.40. The van der Waals surface area contributed by atoms with Gasteiger partial charge in [-0.05, 0) is 97.7 Å². The molecule has 0 heterocycles. The first-order chi connectivity index (χ1) is 19.2. The molecule has 0 N–H and O–H groups in total. The van der Waals surface area contributed by atoms with Gasteiger partial charge in [0.2, 0.25) is 0 Å². The zero-order valence-electron chi connectivity index (χ0n) is 27.6. The van der Waals surface area contributed by atoms with Crippen LogP contribution in [0.15, 0.2) is 11.6 Å². The molecule has 0 aromatic carbocycles. The zero-order valence-corrected chi connectivity index (χ0v) is 27.6. The number of esters is 1. The van der Waals surface area contributed by atoms with Gasteiger partial charge in [-0.1, -0.05) is 117 Å². The van der Waals surface area contributed by atoms with Crippen LogP contribution in [0.1, 0.15) is 170 Å². The number of hydrogen-bond donors (Lipinski definition) is 0. The standard InChI is InChI=1S/C38H66O2/c1-7-8-9-10-11-12-13-14-18-36(39)40-31-23-25-37(5)30(27-31)19-20-32-34-22-21-33(29(4)17-15-16-28(2)3)38(34,6)26-24-35(32)37/h19,28-29,31-35H,7-18,20-27H2,1-6H3/t29-,31-,32+,33-,34+,35+,37+,38-/m1/s1. The third-order valence-corrected chi connectivity index (χ3v) is 12.8. The lowest BCUT2D eigenvalue weighted by Crippen LogP contribution is -2.51. The fraction of sp³-hybridized carbons (Fsp3) is 0.921. The molecule has 3 fully saturated rings. The maximum Gasteiger partial charge on any atom is 0.306 e. The SMILES string of the molecule is CCCCCCCCCCC(=O)O[C@@H]1CC[C@@]2(C)C(=CC[C@H]3[C@@H]4CC[C@H]([C@H](C)CCCC(C)C)[C@@]4(C)CC[C@@H]32)C1. The summed E-state index contributed by atoms with van der Waals surface area (Å²) in [5.74, 6) is 5.34. The molecule has 0 aromatic heterocycles. The van der Waals surface area contributed by atoms with Gasteiger partial charge in [-0.2, -0.15) is 0 Å². The Morgan fingerprint density at radius 1 is 0.875 bits per heavy atom. The van der Waals surface area contributed by atoms with Crippen LogP contribution in [0.4, 0.5) is 0 Å². The van der Waals surface area contributed by atoms with E-state index in [0.717, 1.165) is 54.8 Å². The Balaban J connectivity index is 1.26. The Morgan fingerprint density at radius 3 is 2.33 bits per heavy atom. The third-order valence-electron chi connectivity index (χ3n) is 12.8. The largest absolute Gasteiger partial charge is 0.462 e. The summed E-state index contributed by atoms with van der Waals surface area (Å²) in [5.41, 5.74) is 2.54. The number of rotatable bonds is 15. The van der Waals surface area contributed by atoms with E-state index in [1.807, 2.05) is 0 Å². The summed E-state index contributed by atoms with van der Waals surface area (Å²) in [6.07, 6.45) is 28.1. The zero-order chi connectivity index (χ0) is 28.8. The van der Waals surface area contributed by atoms with Crippen molar-refractivity contribution in [2.24, 2.45) is 46.3 Å². The van der Waals surface area contributed by atoms with Gasteiger partial charge in [0, 0.05) is 12.8 Å². The Labute approximate surface area is 249 Å². The van der Waals surface area contributed by atoms with Crippen molar-refractivity contribution in [3.63, 3.8) is 0 Å². The highest BCUT2D eigenvalue weighted by Gasteiger charge is 2.59. The van der Waals surface area contributed by atoms with Gasteiger partial charge in [0.15, 0.2) is 0 Å². The van der Waals surface area contributed by atoms with Crippen molar-refractivity contribution in [2.75, 3.05) is 0 Å². The van der Waals surface area contributed by atoms with Crippen LogP contribution in [0, 0.1) is 46.3 Å². The summed E-state index contributed by atoms with van der Waals surface area (Å²) < 4.78 is 6.07. The minimum absolute atomic E-state index is 0.0572. The predicted molar refractivity (Wildman–Crippen MR) is 170 cm³/mol. The Hall–Kier alpha value is -0.790. The molecule has 230 valence electrons. The number of hydrogen-bond acceptors (Lipinski definition) is 2. The molecule has 40 heavy (non-hydrogen) atoms. The molecule has 0 radical (unpaired) electrons. The van der Waals surface area contributed by atoms with Gasteiger partial charge in [0.1, 0.15) is 6.10 Å². The molecular formula is C38H66O2. The first kappa shape index (κ1) is 32.1. The first-order valence-corrected chi connectivity index (χ1v) is 18.1. The molecule has 0 aliphatic heterocycles. The lowest BCUT2D eigenvalue weighted by Gasteiger charge is -2.58. The van der Waals surface area contributed by atoms with E-state index < -0.39 is 0 Å². The molecule has 2 heteroatoms. The first-order valence-electron chi connectivity index (χ1n) is 18.1. The van der Waals surface area contributed by atoms with Crippen LogP contribution in [0.2, 0.25) is 0 Å². The van der Waals surface area contributed by atoms with Crippen LogP contribution in [-0.2, 0) is 9.53 Å². The lowest BCUT2D eigenvalue weighted by atomic mass is 9.47. The highest BCUT2D eigenvalue weighted by molar-refractivity contribution is 5.69. The van der Waals surface area contributed by atoms with Crippen LogP contribution in [0.3, 0.4) is 0 Å². The molecular weight excluding hydrogens is 488 g/mol. The summed E-state index contributed by atoms with van der Waals surface area (Å²) in [4.78, 5) is 12.7. The molecule has 0 bridgehead atoms. The summed E-state index contributed by atoms with van der Waals surface area (Å²) in [5, 5.41) is 0. The number of ether oxygens (including phenoxy) is 1. The number of carbonyl (C=O) groups is 1. The molecule has 0 aromatic rings. The van der Waals surface area contributed by atoms with Gasteiger partial charge < -0.3 is 4.74 Å². The molecule has 4 rings (SSSR count). The number of unbranched alkanes of at least 4 members (excludes halogenated alkanes) is 7. The fourth-order valence-electron chi connectivity index (χ4n) is 10.4. The van der Waals surface area contributed by atoms with Gasteiger partial charge in [-0.25, -0.2) is 0 Å². The van der Waals surface area contributed by atoms with E-state index in [4.69, 9.17) is 4.74 Å². The van der Waals surface area contributed by atoms with Crippen LogP contribution in [0.25, 0.3) is 0 Å². The van der Waals surface area contributed by atoms with Crippen molar-refractivity contribution in [1.82, 2.24) is 0 Å². The Kier molecular flexibility index (Phi) is 11.7. The van der Waals surface area contributed by atoms with Crippen molar-refractivity contribution in [2.45, 2.75) is 176 Å². The average Bonchev–Trinajstić information content (AvgIpc) is 3.27. The van der Waals surface area contributed by atoms with E-state index in [-0.39, 0.29) is 12.1 Å². The quantitative estimate of drug-likeness (QED) is 0.114. The van der Waals surface area contributed by atoms with Crippen LogP contribution >= 0.6 is 0 Å². The smallest absolute Gasteiger partial charge is 0.306 e. The van der Waals surface area contributed by atoms with E-state index in [1.165, 1.54) is 103 Å². The van der Waals surface area contributed by atoms with E-state index in [2.05, 4.69) is 47.6 Å². The fourth-order valence-corrected chi connectivity index (χ4v) is 10.4.